The van der Waals surface area contributed by atoms with Gasteiger partial charge in [-0.3, -0.25) is 4.79 Å². The van der Waals surface area contributed by atoms with Gasteiger partial charge in [0.05, 0.1) is 0 Å². The monoisotopic (exact) mass is 305 g/mol. The third-order valence-electron chi connectivity index (χ3n) is 4.05. The second kappa shape index (κ2) is 5.99. The Balaban J connectivity index is 1.99. The van der Waals surface area contributed by atoms with Gasteiger partial charge >= 0.3 is 5.97 Å². The van der Waals surface area contributed by atoms with Crippen molar-refractivity contribution < 1.29 is 19.4 Å². The lowest BCUT2D eigenvalue weighted by Crippen LogP contribution is -2.59. The van der Waals surface area contributed by atoms with E-state index in [1.807, 2.05) is 24.3 Å². The maximum atomic E-state index is 12.0. The Bertz CT molecular complexity index is 570. The Labute approximate surface area is 130 Å². The fourth-order valence-corrected chi connectivity index (χ4v) is 2.58. The Kier molecular flexibility index (Phi) is 4.44. The molecule has 0 unspecified atom stereocenters. The fourth-order valence-electron chi connectivity index (χ4n) is 2.58. The van der Waals surface area contributed by atoms with Crippen LogP contribution in [0.3, 0.4) is 0 Å². The van der Waals surface area contributed by atoms with E-state index in [9.17, 15) is 14.7 Å². The normalized spacial score (nSPS) is 16.5. The summed E-state index contributed by atoms with van der Waals surface area (Å²) >= 11 is 0. The summed E-state index contributed by atoms with van der Waals surface area (Å²) in [5.74, 6) is -0.712. The van der Waals surface area contributed by atoms with E-state index >= 15 is 0 Å². The number of nitrogens with one attached hydrogen (secondary N) is 1. The molecule has 0 aliphatic heterocycles. The first-order valence-corrected chi connectivity index (χ1v) is 7.51. The lowest BCUT2D eigenvalue weighted by Gasteiger charge is -2.38. The van der Waals surface area contributed by atoms with Gasteiger partial charge in [-0.15, -0.1) is 0 Å². The number of rotatable bonds is 5. The third-order valence-corrected chi connectivity index (χ3v) is 4.05. The molecule has 1 aromatic carbocycles. The second-order valence-electron chi connectivity index (χ2n) is 6.82. The molecule has 22 heavy (non-hydrogen) atoms. The highest BCUT2D eigenvalue weighted by atomic mass is 16.5. The van der Waals surface area contributed by atoms with Gasteiger partial charge in [0.1, 0.15) is 11.3 Å². The van der Waals surface area contributed by atoms with E-state index in [1.54, 1.807) is 0 Å². The van der Waals surface area contributed by atoms with Crippen LogP contribution in [0.25, 0.3) is 0 Å². The summed E-state index contributed by atoms with van der Waals surface area (Å²) in [5, 5.41) is 11.8. The number of carboxylic acids is 1. The minimum Gasteiger partial charge on any atom is -0.483 e. The Morgan fingerprint density at radius 3 is 2.41 bits per heavy atom. The number of carbonyl (C=O) groups excluding carboxylic acids is 1. The molecule has 2 N–H and O–H groups in total. The van der Waals surface area contributed by atoms with Crippen LogP contribution in [0.2, 0.25) is 0 Å². The zero-order valence-corrected chi connectivity index (χ0v) is 13.3. The van der Waals surface area contributed by atoms with Crippen molar-refractivity contribution in [3.05, 3.63) is 29.8 Å². The maximum Gasteiger partial charge on any atom is 0.329 e. The van der Waals surface area contributed by atoms with Gasteiger partial charge in [0.25, 0.3) is 5.91 Å². The summed E-state index contributed by atoms with van der Waals surface area (Å²) < 4.78 is 5.61. The second-order valence-corrected chi connectivity index (χ2v) is 6.82. The first-order valence-electron chi connectivity index (χ1n) is 7.51. The Morgan fingerprint density at radius 1 is 1.27 bits per heavy atom. The van der Waals surface area contributed by atoms with E-state index in [0.717, 1.165) is 12.0 Å². The molecule has 0 spiro atoms. The van der Waals surface area contributed by atoms with Gasteiger partial charge in [-0.25, -0.2) is 4.79 Å². The smallest absolute Gasteiger partial charge is 0.329 e. The Hall–Kier alpha value is -2.04. The summed E-state index contributed by atoms with van der Waals surface area (Å²) in [6.45, 7) is 6.04. The topological polar surface area (TPSA) is 75.6 Å². The van der Waals surface area contributed by atoms with Crippen molar-refractivity contribution in [2.45, 2.75) is 51.0 Å². The van der Waals surface area contributed by atoms with Crippen molar-refractivity contribution >= 4 is 11.9 Å². The van der Waals surface area contributed by atoms with Crippen molar-refractivity contribution in [3.8, 4) is 5.75 Å². The molecule has 0 radical (unpaired) electrons. The summed E-state index contributed by atoms with van der Waals surface area (Å²) in [6, 6.07) is 7.58. The average molecular weight is 305 g/mol. The lowest BCUT2D eigenvalue weighted by molar-refractivity contribution is -0.152. The van der Waals surface area contributed by atoms with Gasteiger partial charge in [-0.1, -0.05) is 39.0 Å². The number of ether oxygens (including phenoxy) is 1. The molecule has 0 heterocycles. The highest BCUT2D eigenvalue weighted by Crippen LogP contribution is 2.32. The third kappa shape index (κ3) is 3.40. The molecule has 0 atom stereocenters. The molecule has 1 amide bonds. The average Bonchev–Trinajstić information content (AvgIpc) is 2.39. The molecule has 1 aromatic rings. The van der Waals surface area contributed by atoms with Crippen molar-refractivity contribution in [1.29, 1.82) is 0 Å². The number of carboxylic acid groups (broad SMARTS) is 1. The fraction of sp³-hybridized carbons (Fsp3) is 0.529. The summed E-state index contributed by atoms with van der Waals surface area (Å²) in [6.07, 6.45) is 1.78. The van der Waals surface area contributed by atoms with Gasteiger partial charge in [0, 0.05) is 0 Å². The zero-order chi connectivity index (χ0) is 16.4. The van der Waals surface area contributed by atoms with Gasteiger partial charge in [-0.05, 0) is 36.3 Å². The van der Waals surface area contributed by atoms with Crippen LogP contribution in [-0.4, -0.2) is 29.1 Å². The van der Waals surface area contributed by atoms with Crippen molar-refractivity contribution in [1.82, 2.24) is 5.32 Å². The Morgan fingerprint density at radius 2 is 1.91 bits per heavy atom. The molecular weight excluding hydrogens is 282 g/mol. The van der Waals surface area contributed by atoms with Crippen LogP contribution in [-0.2, 0) is 15.0 Å². The lowest BCUT2D eigenvalue weighted by atomic mass is 9.77. The number of para-hydroxylation sites is 1. The minimum atomic E-state index is -1.09. The number of hydrogen-bond acceptors (Lipinski definition) is 3. The van der Waals surface area contributed by atoms with Crippen LogP contribution in [0.5, 0.6) is 5.75 Å². The molecular formula is C17H23NO4. The largest absolute Gasteiger partial charge is 0.483 e. The number of hydrogen-bond donors (Lipinski definition) is 2. The van der Waals surface area contributed by atoms with E-state index < -0.39 is 17.4 Å². The highest BCUT2D eigenvalue weighted by Gasteiger charge is 2.45. The first-order chi connectivity index (χ1) is 10.2. The summed E-state index contributed by atoms with van der Waals surface area (Å²) in [7, 11) is 0. The molecule has 2 rings (SSSR count). The standard InChI is InChI=1S/C17H23NO4/c1-16(2,3)12-7-4-5-8-13(12)22-11-14(19)18-17(15(20)21)9-6-10-17/h4-5,7-8H,6,9-11H2,1-3H3,(H,18,19)(H,20,21). The van der Waals surface area contributed by atoms with E-state index in [1.165, 1.54) is 0 Å². The molecule has 1 aliphatic carbocycles. The molecule has 5 nitrogen and oxygen atoms in total. The number of benzene rings is 1. The molecule has 0 saturated heterocycles. The number of aliphatic carboxylic acids is 1. The van der Waals surface area contributed by atoms with Crippen molar-refractivity contribution in [3.63, 3.8) is 0 Å². The number of carbonyl (C=O) groups is 2. The zero-order valence-electron chi connectivity index (χ0n) is 13.3. The quantitative estimate of drug-likeness (QED) is 0.876. The number of amides is 1. The molecule has 5 heteroatoms. The molecule has 120 valence electrons. The van der Waals surface area contributed by atoms with Gasteiger partial charge in [0.15, 0.2) is 6.61 Å². The minimum absolute atomic E-state index is 0.0939. The SMILES string of the molecule is CC(C)(C)c1ccccc1OCC(=O)NC1(C(=O)O)CCC1. The maximum absolute atomic E-state index is 12.0. The van der Waals surface area contributed by atoms with Crippen molar-refractivity contribution in [2.75, 3.05) is 6.61 Å². The van der Waals surface area contributed by atoms with E-state index in [4.69, 9.17) is 4.74 Å². The van der Waals surface area contributed by atoms with Crippen LogP contribution < -0.4 is 10.1 Å². The van der Waals surface area contributed by atoms with Crippen molar-refractivity contribution in [2.24, 2.45) is 0 Å². The van der Waals surface area contributed by atoms with Gasteiger partial charge < -0.3 is 15.2 Å². The molecule has 0 bridgehead atoms. The summed E-state index contributed by atoms with van der Waals surface area (Å²) in [4.78, 5) is 23.2. The van der Waals surface area contributed by atoms with Gasteiger partial charge in [0.2, 0.25) is 0 Å². The first kappa shape index (κ1) is 16.3. The van der Waals surface area contributed by atoms with Crippen LogP contribution in [0.15, 0.2) is 24.3 Å². The van der Waals surface area contributed by atoms with E-state index in [0.29, 0.717) is 18.6 Å². The highest BCUT2D eigenvalue weighted by molar-refractivity contribution is 5.88. The summed E-state index contributed by atoms with van der Waals surface area (Å²) in [5.41, 5.74) is -0.174. The molecule has 1 saturated carbocycles. The predicted molar refractivity (Wildman–Crippen MR) is 83.0 cm³/mol. The molecule has 1 fully saturated rings. The molecule has 0 aromatic heterocycles. The molecule has 1 aliphatic rings. The van der Waals surface area contributed by atoms with Crippen LogP contribution in [0, 0.1) is 0 Å². The van der Waals surface area contributed by atoms with Crippen LogP contribution >= 0.6 is 0 Å². The van der Waals surface area contributed by atoms with Crippen LogP contribution in [0.1, 0.15) is 45.6 Å². The van der Waals surface area contributed by atoms with Gasteiger partial charge in [-0.2, -0.15) is 0 Å². The predicted octanol–water partition coefficient (Wildman–Crippen LogP) is 2.49. The van der Waals surface area contributed by atoms with Crippen LogP contribution in [0.4, 0.5) is 0 Å². The van der Waals surface area contributed by atoms with E-state index in [2.05, 4.69) is 26.1 Å². The van der Waals surface area contributed by atoms with E-state index in [-0.39, 0.29) is 12.0 Å².